The van der Waals surface area contributed by atoms with E-state index in [4.69, 9.17) is 9.84 Å². The van der Waals surface area contributed by atoms with Crippen LogP contribution in [0.5, 0.6) is 0 Å². The molecule has 102 valence electrons. The number of carbonyl (C=O) groups excluding carboxylic acids is 1. The van der Waals surface area contributed by atoms with E-state index in [1.54, 1.807) is 0 Å². The van der Waals surface area contributed by atoms with Crippen LogP contribution in [0.4, 0.5) is 0 Å². The zero-order valence-corrected chi connectivity index (χ0v) is 10.2. The summed E-state index contributed by atoms with van der Waals surface area (Å²) in [6.45, 7) is 0.875. The van der Waals surface area contributed by atoms with Gasteiger partial charge in [0.2, 0.25) is 5.91 Å². The number of carboxylic acids is 1. The molecule has 0 aliphatic carbocycles. The fraction of sp³-hybridized carbons (Fsp3) is 0.833. The number of aliphatic carboxylic acids is 1. The maximum absolute atomic E-state index is 12.0. The van der Waals surface area contributed by atoms with Crippen molar-refractivity contribution in [2.45, 2.75) is 50.4 Å². The number of rotatable bonds is 4. The first-order valence-electron chi connectivity index (χ1n) is 6.40. The lowest BCUT2D eigenvalue weighted by molar-refractivity contribution is -0.148. The van der Waals surface area contributed by atoms with Crippen molar-refractivity contribution in [2.24, 2.45) is 0 Å². The Hall–Kier alpha value is -1.14. The van der Waals surface area contributed by atoms with Crippen LogP contribution in [0.2, 0.25) is 0 Å². The Morgan fingerprint density at radius 3 is 2.78 bits per heavy atom. The first-order valence-corrected chi connectivity index (χ1v) is 6.40. The summed E-state index contributed by atoms with van der Waals surface area (Å²) in [5.41, 5.74) is 0. The molecule has 6 nitrogen and oxygen atoms in total. The molecule has 2 rings (SSSR count). The monoisotopic (exact) mass is 257 g/mol. The molecule has 0 aromatic heterocycles. The molecule has 0 aromatic carbocycles. The molecule has 2 N–H and O–H groups in total. The third-order valence-corrected chi connectivity index (χ3v) is 3.59. The molecule has 3 atom stereocenters. The van der Waals surface area contributed by atoms with Crippen molar-refractivity contribution in [1.82, 2.24) is 4.90 Å². The smallest absolute Gasteiger partial charge is 0.326 e. The van der Waals surface area contributed by atoms with Crippen molar-refractivity contribution >= 4 is 11.9 Å². The van der Waals surface area contributed by atoms with Gasteiger partial charge in [-0.2, -0.15) is 0 Å². The van der Waals surface area contributed by atoms with Crippen molar-refractivity contribution in [3.63, 3.8) is 0 Å². The highest BCUT2D eigenvalue weighted by Gasteiger charge is 2.38. The average Bonchev–Trinajstić information content (AvgIpc) is 2.94. The number of amides is 1. The lowest BCUT2D eigenvalue weighted by Crippen LogP contribution is -2.40. The van der Waals surface area contributed by atoms with Gasteiger partial charge in [0.15, 0.2) is 0 Å². The lowest BCUT2D eigenvalue weighted by atomic mass is 10.1. The highest BCUT2D eigenvalue weighted by atomic mass is 16.5. The topological polar surface area (TPSA) is 87.1 Å². The van der Waals surface area contributed by atoms with Crippen LogP contribution in [0, 0.1) is 0 Å². The average molecular weight is 257 g/mol. The fourth-order valence-corrected chi connectivity index (χ4v) is 2.62. The van der Waals surface area contributed by atoms with Gasteiger partial charge in [0.25, 0.3) is 0 Å². The van der Waals surface area contributed by atoms with Gasteiger partial charge in [-0.25, -0.2) is 4.79 Å². The second kappa shape index (κ2) is 5.67. The number of β-amino-alcohol motifs (C(OH)–C–C–N with tert-alkyl or cyclic N) is 1. The van der Waals surface area contributed by atoms with Gasteiger partial charge in [0.1, 0.15) is 6.04 Å². The third-order valence-electron chi connectivity index (χ3n) is 3.59. The van der Waals surface area contributed by atoms with E-state index in [1.807, 2.05) is 0 Å². The Balaban J connectivity index is 1.85. The summed E-state index contributed by atoms with van der Waals surface area (Å²) in [7, 11) is 0. The number of aliphatic hydroxyl groups is 1. The van der Waals surface area contributed by atoms with Crippen LogP contribution in [-0.4, -0.2) is 58.4 Å². The predicted octanol–water partition coefficient (Wildman–Crippen LogP) is -0.00800. The highest BCUT2D eigenvalue weighted by Crippen LogP contribution is 2.22. The van der Waals surface area contributed by atoms with Crippen molar-refractivity contribution in [3.05, 3.63) is 0 Å². The van der Waals surface area contributed by atoms with E-state index in [0.717, 1.165) is 19.4 Å². The molecule has 1 amide bonds. The lowest BCUT2D eigenvalue weighted by Gasteiger charge is -2.21. The molecule has 0 aromatic rings. The molecule has 0 bridgehead atoms. The minimum absolute atomic E-state index is 0.126. The van der Waals surface area contributed by atoms with Crippen LogP contribution >= 0.6 is 0 Å². The van der Waals surface area contributed by atoms with Gasteiger partial charge in [-0.15, -0.1) is 0 Å². The van der Waals surface area contributed by atoms with Gasteiger partial charge < -0.3 is 19.8 Å². The maximum atomic E-state index is 12.0. The summed E-state index contributed by atoms with van der Waals surface area (Å²) < 4.78 is 5.42. The Kier molecular flexibility index (Phi) is 4.19. The normalized spacial score (nSPS) is 31.8. The molecule has 3 unspecified atom stereocenters. The molecule has 2 aliphatic rings. The van der Waals surface area contributed by atoms with Crippen LogP contribution < -0.4 is 0 Å². The molecule has 2 fully saturated rings. The van der Waals surface area contributed by atoms with Crippen molar-refractivity contribution < 1.29 is 24.5 Å². The van der Waals surface area contributed by atoms with Gasteiger partial charge >= 0.3 is 5.97 Å². The van der Waals surface area contributed by atoms with E-state index in [1.165, 1.54) is 4.90 Å². The molecular formula is C12H19NO5. The number of hydrogen-bond donors (Lipinski definition) is 2. The van der Waals surface area contributed by atoms with Crippen molar-refractivity contribution in [2.75, 3.05) is 13.2 Å². The second-order valence-electron chi connectivity index (χ2n) is 4.96. The zero-order chi connectivity index (χ0) is 13.1. The van der Waals surface area contributed by atoms with Gasteiger partial charge in [-0.3, -0.25) is 4.79 Å². The summed E-state index contributed by atoms with van der Waals surface area (Å²) >= 11 is 0. The number of carboxylic acid groups (broad SMARTS) is 1. The first-order chi connectivity index (χ1) is 8.58. The SMILES string of the molecule is O=C(O)C1CC(O)CN1C(=O)CCC1CCCO1. The van der Waals surface area contributed by atoms with Gasteiger partial charge in [0.05, 0.1) is 12.2 Å². The quantitative estimate of drug-likeness (QED) is 0.739. The van der Waals surface area contributed by atoms with Crippen molar-refractivity contribution in [1.29, 1.82) is 0 Å². The van der Waals surface area contributed by atoms with Crippen LogP contribution in [0.15, 0.2) is 0 Å². The minimum Gasteiger partial charge on any atom is -0.480 e. The molecule has 0 saturated carbocycles. The second-order valence-corrected chi connectivity index (χ2v) is 4.96. The number of hydrogen-bond acceptors (Lipinski definition) is 4. The maximum Gasteiger partial charge on any atom is 0.326 e. The molecule has 2 aliphatic heterocycles. The van der Waals surface area contributed by atoms with E-state index < -0.39 is 18.1 Å². The molecular weight excluding hydrogens is 238 g/mol. The molecule has 2 saturated heterocycles. The Labute approximate surface area is 106 Å². The van der Waals surface area contributed by atoms with Crippen LogP contribution in [0.1, 0.15) is 32.1 Å². The van der Waals surface area contributed by atoms with Gasteiger partial charge in [-0.05, 0) is 19.3 Å². The Bertz CT molecular complexity index is 326. The highest BCUT2D eigenvalue weighted by molar-refractivity contribution is 5.84. The predicted molar refractivity (Wildman–Crippen MR) is 62.0 cm³/mol. The number of ether oxygens (including phenoxy) is 1. The van der Waals surface area contributed by atoms with Crippen molar-refractivity contribution in [3.8, 4) is 0 Å². The van der Waals surface area contributed by atoms with E-state index in [2.05, 4.69) is 0 Å². The first kappa shape index (κ1) is 13.3. The summed E-state index contributed by atoms with van der Waals surface area (Å²) in [4.78, 5) is 24.2. The number of carbonyl (C=O) groups is 2. The molecule has 6 heteroatoms. The summed E-state index contributed by atoms with van der Waals surface area (Å²) in [5, 5.41) is 18.5. The van der Waals surface area contributed by atoms with E-state index in [0.29, 0.717) is 12.8 Å². The summed E-state index contributed by atoms with van der Waals surface area (Å²) in [6.07, 6.45) is 2.46. The number of likely N-dealkylation sites (tertiary alicyclic amines) is 1. The van der Waals surface area contributed by atoms with E-state index >= 15 is 0 Å². The Morgan fingerprint density at radius 2 is 2.17 bits per heavy atom. The zero-order valence-electron chi connectivity index (χ0n) is 10.2. The molecule has 0 spiro atoms. The van der Waals surface area contributed by atoms with Gasteiger partial charge in [-0.1, -0.05) is 0 Å². The standard InChI is InChI=1S/C12H19NO5/c14-8-6-10(12(16)17)13(7-8)11(15)4-3-9-2-1-5-18-9/h8-10,14H,1-7H2,(H,16,17). The largest absolute Gasteiger partial charge is 0.480 e. The molecule has 2 heterocycles. The fourth-order valence-electron chi connectivity index (χ4n) is 2.62. The number of aliphatic hydroxyl groups excluding tert-OH is 1. The van der Waals surface area contributed by atoms with Gasteiger partial charge in [0, 0.05) is 26.0 Å². The molecule has 0 radical (unpaired) electrons. The van der Waals surface area contributed by atoms with E-state index in [9.17, 15) is 14.7 Å². The minimum atomic E-state index is -1.04. The molecule has 18 heavy (non-hydrogen) atoms. The van der Waals surface area contributed by atoms with Crippen LogP contribution in [0.25, 0.3) is 0 Å². The van der Waals surface area contributed by atoms with Crippen LogP contribution in [-0.2, 0) is 14.3 Å². The third kappa shape index (κ3) is 3.00. The van der Waals surface area contributed by atoms with Crippen LogP contribution in [0.3, 0.4) is 0 Å². The Morgan fingerprint density at radius 1 is 1.39 bits per heavy atom. The van der Waals surface area contributed by atoms with E-state index in [-0.39, 0.29) is 25.0 Å². The summed E-state index contributed by atoms with van der Waals surface area (Å²) in [6, 6.07) is -0.878. The number of nitrogens with zero attached hydrogens (tertiary/aromatic N) is 1. The summed E-state index contributed by atoms with van der Waals surface area (Å²) in [5.74, 6) is -1.24.